The van der Waals surface area contributed by atoms with Crippen molar-refractivity contribution in [3.8, 4) is 0 Å². The van der Waals surface area contributed by atoms with Gasteiger partial charge in [-0.1, -0.05) is 19.1 Å². The summed E-state index contributed by atoms with van der Waals surface area (Å²) in [6.07, 6.45) is 2.35. The second-order valence-electron chi connectivity index (χ2n) is 4.09. The van der Waals surface area contributed by atoms with Crippen molar-refractivity contribution in [1.29, 1.82) is 0 Å². The molecule has 0 radical (unpaired) electrons. The molecular weight excluding hydrogens is 230 g/mol. The van der Waals surface area contributed by atoms with Crippen molar-refractivity contribution in [3.05, 3.63) is 47.2 Å². The highest BCUT2D eigenvalue weighted by molar-refractivity contribution is 6.34. The molecular formula is C13H11N3O2. The van der Waals surface area contributed by atoms with Gasteiger partial charge in [0.05, 0.1) is 17.3 Å². The minimum Gasteiger partial charge on any atom is -0.268 e. The van der Waals surface area contributed by atoms with Crippen LogP contribution in [0.5, 0.6) is 0 Å². The van der Waals surface area contributed by atoms with Crippen molar-refractivity contribution in [3.63, 3.8) is 0 Å². The fraction of sp³-hybridized carbons (Fsp3) is 0.154. The van der Waals surface area contributed by atoms with Crippen LogP contribution in [0.3, 0.4) is 0 Å². The summed E-state index contributed by atoms with van der Waals surface area (Å²) in [5.41, 5.74) is 1.74. The molecule has 1 aliphatic rings. The molecule has 2 aromatic rings. The molecule has 2 heterocycles. The maximum Gasteiger partial charge on any atom is 0.267 e. The first-order valence-electron chi connectivity index (χ1n) is 5.74. The zero-order valence-electron chi connectivity index (χ0n) is 9.80. The van der Waals surface area contributed by atoms with Gasteiger partial charge in [0, 0.05) is 5.56 Å². The molecule has 90 valence electrons. The molecule has 2 amide bonds. The maximum atomic E-state index is 12.2. The summed E-state index contributed by atoms with van der Waals surface area (Å²) in [4.78, 5) is 25.6. The molecule has 1 aliphatic heterocycles. The average molecular weight is 241 g/mol. The Bertz CT molecular complexity index is 610. The first-order chi connectivity index (χ1) is 8.74. The van der Waals surface area contributed by atoms with Crippen LogP contribution in [0, 0.1) is 0 Å². The van der Waals surface area contributed by atoms with Gasteiger partial charge in [0.15, 0.2) is 0 Å². The van der Waals surface area contributed by atoms with Gasteiger partial charge < -0.3 is 0 Å². The molecule has 0 fully saturated rings. The van der Waals surface area contributed by atoms with E-state index in [1.165, 1.54) is 0 Å². The van der Waals surface area contributed by atoms with Crippen LogP contribution in [0.4, 0.5) is 5.82 Å². The monoisotopic (exact) mass is 241 g/mol. The maximum absolute atomic E-state index is 12.2. The largest absolute Gasteiger partial charge is 0.268 e. The van der Waals surface area contributed by atoms with Gasteiger partial charge in [-0.15, -0.1) is 0 Å². The normalized spacial score (nSPS) is 14.2. The molecule has 1 N–H and O–H groups in total. The second-order valence-corrected chi connectivity index (χ2v) is 4.09. The number of H-pyrrole nitrogens is 1. The molecule has 3 rings (SSSR count). The standard InChI is InChI=1S/C13H11N3O2/c1-2-8-7-14-15-11(8)16-12(17)9-5-3-4-6-10(9)13(16)18/h3-7H,2H2,1H3,(H,14,15). The number of hydrogen-bond acceptors (Lipinski definition) is 3. The number of amides is 2. The van der Waals surface area contributed by atoms with Gasteiger partial charge in [-0.3, -0.25) is 14.7 Å². The molecule has 1 aromatic carbocycles. The Morgan fingerprint density at radius 2 is 1.78 bits per heavy atom. The molecule has 0 unspecified atom stereocenters. The lowest BCUT2D eigenvalue weighted by molar-refractivity contribution is 0.0924. The van der Waals surface area contributed by atoms with E-state index in [-0.39, 0.29) is 11.8 Å². The quantitative estimate of drug-likeness (QED) is 0.815. The van der Waals surface area contributed by atoms with E-state index in [9.17, 15) is 9.59 Å². The lowest BCUT2D eigenvalue weighted by atomic mass is 10.1. The number of aryl methyl sites for hydroxylation is 1. The topological polar surface area (TPSA) is 66.1 Å². The number of carbonyl (C=O) groups is 2. The van der Waals surface area contributed by atoms with Gasteiger partial charge in [-0.25, -0.2) is 4.90 Å². The first kappa shape index (κ1) is 10.7. The van der Waals surface area contributed by atoms with Crippen molar-refractivity contribution in [1.82, 2.24) is 10.2 Å². The minimum atomic E-state index is -0.297. The van der Waals surface area contributed by atoms with Crippen molar-refractivity contribution >= 4 is 17.6 Å². The Hall–Kier alpha value is -2.43. The van der Waals surface area contributed by atoms with E-state index >= 15 is 0 Å². The molecule has 0 atom stereocenters. The molecule has 0 bridgehead atoms. The number of aromatic nitrogens is 2. The van der Waals surface area contributed by atoms with Gasteiger partial charge in [0.2, 0.25) is 0 Å². The first-order valence-corrected chi connectivity index (χ1v) is 5.74. The zero-order valence-corrected chi connectivity index (χ0v) is 9.80. The minimum absolute atomic E-state index is 0.297. The number of hydrogen-bond donors (Lipinski definition) is 1. The number of carbonyl (C=O) groups excluding carboxylic acids is 2. The summed E-state index contributed by atoms with van der Waals surface area (Å²) in [6, 6.07) is 6.83. The predicted octanol–water partition coefficient (Wildman–Crippen LogP) is 1.77. The number of nitrogens with zero attached hydrogens (tertiary/aromatic N) is 2. The van der Waals surface area contributed by atoms with Crippen LogP contribution in [0.2, 0.25) is 0 Å². The molecule has 0 saturated heterocycles. The summed E-state index contributed by atoms with van der Waals surface area (Å²) in [7, 11) is 0. The predicted molar refractivity (Wildman–Crippen MR) is 65.5 cm³/mol. The molecule has 0 aliphatic carbocycles. The third-order valence-electron chi connectivity index (χ3n) is 3.09. The Morgan fingerprint density at radius 3 is 2.33 bits per heavy atom. The summed E-state index contributed by atoms with van der Waals surface area (Å²) >= 11 is 0. The van der Waals surface area contributed by atoms with E-state index in [1.807, 2.05) is 6.92 Å². The third-order valence-corrected chi connectivity index (χ3v) is 3.09. The van der Waals surface area contributed by atoms with E-state index in [0.717, 1.165) is 10.5 Å². The smallest absolute Gasteiger partial charge is 0.267 e. The molecule has 0 saturated carbocycles. The summed E-state index contributed by atoms with van der Waals surface area (Å²) in [6.45, 7) is 1.95. The summed E-state index contributed by atoms with van der Waals surface area (Å²) in [5.74, 6) is -0.118. The Balaban J connectivity index is 2.13. The number of rotatable bonds is 2. The number of nitrogens with one attached hydrogen (secondary N) is 1. The highest BCUT2D eigenvalue weighted by Gasteiger charge is 2.37. The van der Waals surface area contributed by atoms with E-state index in [2.05, 4.69) is 10.2 Å². The van der Waals surface area contributed by atoms with Crippen LogP contribution in [-0.4, -0.2) is 22.0 Å². The van der Waals surface area contributed by atoms with E-state index in [1.54, 1.807) is 30.5 Å². The van der Waals surface area contributed by atoms with Gasteiger partial charge in [-0.05, 0) is 18.6 Å². The van der Waals surface area contributed by atoms with Gasteiger partial charge in [-0.2, -0.15) is 5.10 Å². The fourth-order valence-corrected chi connectivity index (χ4v) is 2.15. The molecule has 1 aromatic heterocycles. The summed E-state index contributed by atoms with van der Waals surface area (Å²) in [5, 5.41) is 6.63. The lowest BCUT2D eigenvalue weighted by Crippen LogP contribution is -2.30. The van der Waals surface area contributed by atoms with Gasteiger partial charge >= 0.3 is 0 Å². The number of benzene rings is 1. The van der Waals surface area contributed by atoms with Crippen molar-refractivity contribution in [2.75, 3.05) is 4.90 Å². The fourth-order valence-electron chi connectivity index (χ4n) is 2.15. The van der Waals surface area contributed by atoms with E-state index < -0.39 is 0 Å². The van der Waals surface area contributed by atoms with Crippen molar-refractivity contribution < 1.29 is 9.59 Å². The van der Waals surface area contributed by atoms with Gasteiger partial charge in [0.25, 0.3) is 11.8 Å². The lowest BCUT2D eigenvalue weighted by Gasteiger charge is -2.12. The van der Waals surface area contributed by atoms with E-state index in [0.29, 0.717) is 23.4 Å². The van der Waals surface area contributed by atoms with Crippen LogP contribution in [-0.2, 0) is 6.42 Å². The number of imide groups is 1. The highest BCUT2D eigenvalue weighted by atomic mass is 16.2. The number of fused-ring (bicyclic) bond motifs is 1. The zero-order chi connectivity index (χ0) is 12.7. The van der Waals surface area contributed by atoms with Crippen LogP contribution >= 0.6 is 0 Å². The molecule has 0 spiro atoms. The Kier molecular flexibility index (Phi) is 2.26. The number of anilines is 1. The number of aromatic amines is 1. The van der Waals surface area contributed by atoms with Crippen LogP contribution in [0.1, 0.15) is 33.2 Å². The van der Waals surface area contributed by atoms with Crippen LogP contribution in [0.15, 0.2) is 30.5 Å². The Labute approximate surface area is 103 Å². The molecule has 5 nitrogen and oxygen atoms in total. The average Bonchev–Trinajstić information content (AvgIpc) is 2.95. The van der Waals surface area contributed by atoms with Gasteiger partial charge in [0.1, 0.15) is 5.82 Å². The van der Waals surface area contributed by atoms with Crippen molar-refractivity contribution in [2.24, 2.45) is 0 Å². The SMILES string of the molecule is CCc1cn[nH]c1N1C(=O)c2ccccc2C1=O. The summed E-state index contributed by atoms with van der Waals surface area (Å²) < 4.78 is 0. The molecule has 5 heteroatoms. The molecule has 18 heavy (non-hydrogen) atoms. The van der Waals surface area contributed by atoms with Crippen molar-refractivity contribution in [2.45, 2.75) is 13.3 Å². The van der Waals surface area contributed by atoms with E-state index in [4.69, 9.17) is 0 Å². The Morgan fingerprint density at radius 1 is 1.17 bits per heavy atom. The van der Waals surface area contributed by atoms with Crippen LogP contribution < -0.4 is 4.90 Å². The van der Waals surface area contributed by atoms with Crippen LogP contribution in [0.25, 0.3) is 0 Å². The second kappa shape index (κ2) is 3.80. The third kappa shape index (κ3) is 1.30. The highest BCUT2D eigenvalue weighted by Crippen LogP contribution is 2.28.